The molecular formula is C26H26ClFN6O3. The second kappa shape index (κ2) is 10.3. The van der Waals surface area contributed by atoms with Gasteiger partial charge in [-0.1, -0.05) is 11.6 Å². The average molecular weight is 525 g/mol. The highest BCUT2D eigenvalue weighted by molar-refractivity contribution is 6.33. The van der Waals surface area contributed by atoms with Crippen LogP contribution in [0.4, 0.5) is 15.9 Å². The summed E-state index contributed by atoms with van der Waals surface area (Å²) in [6, 6.07) is 8.73. The lowest BCUT2D eigenvalue weighted by Gasteiger charge is -2.33. The van der Waals surface area contributed by atoms with Gasteiger partial charge in [0.15, 0.2) is 23.0 Å². The number of aliphatic hydroxyl groups is 1. The maximum absolute atomic E-state index is 14.6. The van der Waals surface area contributed by atoms with Gasteiger partial charge in [-0.15, -0.1) is 0 Å². The molecule has 37 heavy (non-hydrogen) atoms. The van der Waals surface area contributed by atoms with Crippen LogP contribution in [0, 0.1) is 12.7 Å². The molecule has 11 heteroatoms. The van der Waals surface area contributed by atoms with Crippen LogP contribution in [-0.4, -0.2) is 75.2 Å². The topological polar surface area (TPSA) is 95.2 Å². The fourth-order valence-corrected chi connectivity index (χ4v) is 4.73. The number of methoxy groups -OCH3 is 1. The number of aliphatic hydroxyl groups excluding tert-OH is 1. The molecule has 9 nitrogen and oxygen atoms in total. The summed E-state index contributed by atoms with van der Waals surface area (Å²) in [6.07, 6.45) is 4.95. The number of amides is 1. The molecule has 0 bridgehead atoms. The number of carbonyl (C=O) groups is 1. The monoisotopic (exact) mass is 524 g/mol. The van der Waals surface area contributed by atoms with Gasteiger partial charge in [-0.25, -0.2) is 14.4 Å². The van der Waals surface area contributed by atoms with Crippen molar-refractivity contribution in [1.82, 2.24) is 24.2 Å². The minimum Gasteiger partial charge on any atom is -0.494 e. The van der Waals surface area contributed by atoms with Crippen LogP contribution < -0.4 is 10.1 Å². The van der Waals surface area contributed by atoms with Gasteiger partial charge in [0, 0.05) is 55.4 Å². The Kier molecular flexibility index (Phi) is 6.96. The summed E-state index contributed by atoms with van der Waals surface area (Å²) in [6.45, 7) is 4.35. The van der Waals surface area contributed by atoms with E-state index in [1.807, 2.05) is 28.9 Å². The van der Waals surface area contributed by atoms with Gasteiger partial charge in [-0.05, 0) is 42.8 Å². The zero-order valence-corrected chi connectivity index (χ0v) is 21.2. The Morgan fingerprint density at radius 3 is 2.68 bits per heavy atom. The fourth-order valence-electron chi connectivity index (χ4n) is 4.47. The quantitative estimate of drug-likeness (QED) is 0.394. The number of halogens is 2. The van der Waals surface area contributed by atoms with Crippen molar-refractivity contribution < 1.29 is 19.0 Å². The third-order valence-electron chi connectivity index (χ3n) is 6.55. The first kappa shape index (κ1) is 24.9. The first-order valence-electron chi connectivity index (χ1n) is 11.8. The lowest BCUT2D eigenvalue weighted by atomic mass is 10.1. The van der Waals surface area contributed by atoms with E-state index in [4.69, 9.17) is 16.3 Å². The summed E-state index contributed by atoms with van der Waals surface area (Å²) in [5.41, 5.74) is 3.82. The molecule has 0 radical (unpaired) electrons. The molecule has 1 fully saturated rings. The predicted molar refractivity (Wildman–Crippen MR) is 139 cm³/mol. The van der Waals surface area contributed by atoms with E-state index >= 15 is 0 Å². The number of piperazine rings is 1. The van der Waals surface area contributed by atoms with Gasteiger partial charge in [-0.2, -0.15) is 0 Å². The molecule has 4 aromatic rings. The summed E-state index contributed by atoms with van der Waals surface area (Å²) in [5.74, 6) is -0.0958. The number of nitrogens with zero attached hydrogens (tertiary/aromatic N) is 5. The summed E-state index contributed by atoms with van der Waals surface area (Å²) in [4.78, 5) is 25.7. The smallest absolute Gasteiger partial charge is 0.254 e. The molecule has 1 aliphatic rings. The molecule has 2 N–H and O–H groups in total. The number of hydrogen-bond acceptors (Lipinski definition) is 7. The number of aromatic nitrogens is 3. The third-order valence-corrected chi connectivity index (χ3v) is 6.92. The summed E-state index contributed by atoms with van der Waals surface area (Å²) in [5, 5.41) is 12.5. The van der Waals surface area contributed by atoms with E-state index in [0.717, 1.165) is 11.3 Å². The second-order valence-electron chi connectivity index (χ2n) is 8.76. The number of imidazole rings is 1. The molecule has 5 rings (SSSR count). The van der Waals surface area contributed by atoms with Crippen molar-refractivity contribution in [2.24, 2.45) is 0 Å². The highest BCUT2D eigenvalue weighted by Gasteiger charge is 2.23. The number of nitrogens with one attached hydrogen (secondary N) is 1. The van der Waals surface area contributed by atoms with Crippen molar-refractivity contribution in [2.45, 2.75) is 6.92 Å². The van der Waals surface area contributed by atoms with Crippen LogP contribution in [0.3, 0.4) is 0 Å². The van der Waals surface area contributed by atoms with Crippen molar-refractivity contribution in [2.75, 3.05) is 45.3 Å². The molecule has 192 valence electrons. The number of aryl methyl sites for hydroxylation is 1. The maximum atomic E-state index is 14.6. The largest absolute Gasteiger partial charge is 0.494 e. The molecule has 2 aromatic heterocycles. The van der Waals surface area contributed by atoms with Crippen LogP contribution in [-0.2, 0) is 0 Å². The lowest BCUT2D eigenvalue weighted by Crippen LogP contribution is -2.48. The minimum atomic E-state index is -0.635. The van der Waals surface area contributed by atoms with Crippen molar-refractivity contribution in [3.8, 4) is 17.0 Å². The normalized spacial score (nSPS) is 14.2. The van der Waals surface area contributed by atoms with Crippen LogP contribution in [0.25, 0.3) is 16.9 Å². The molecule has 1 amide bonds. The number of ether oxygens (including phenoxy) is 1. The van der Waals surface area contributed by atoms with Crippen LogP contribution in [0.2, 0.25) is 5.02 Å². The second-order valence-corrected chi connectivity index (χ2v) is 9.14. The maximum Gasteiger partial charge on any atom is 0.254 e. The molecule has 2 aromatic carbocycles. The van der Waals surface area contributed by atoms with Crippen LogP contribution >= 0.6 is 11.6 Å². The van der Waals surface area contributed by atoms with Gasteiger partial charge in [0.1, 0.15) is 0 Å². The van der Waals surface area contributed by atoms with Gasteiger partial charge < -0.3 is 20.1 Å². The zero-order valence-electron chi connectivity index (χ0n) is 20.4. The van der Waals surface area contributed by atoms with Gasteiger partial charge in [0.2, 0.25) is 0 Å². The molecule has 0 unspecified atom stereocenters. The van der Waals surface area contributed by atoms with Gasteiger partial charge in [0.25, 0.3) is 5.91 Å². The van der Waals surface area contributed by atoms with E-state index in [1.54, 1.807) is 35.1 Å². The van der Waals surface area contributed by atoms with Crippen molar-refractivity contribution in [1.29, 1.82) is 0 Å². The van der Waals surface area contributed by atoms with Crippen LogP contribution in [0.5, 0.6) is 5.75 Å². The first-order chi connectivity index (χ1) is 17.9. The molecule has 3 heterocycles. The molecule has 0 spiro atoms. The van der Waals surface area contributed by atoms with E-state index in [9.17, 15) is 14.3 Å². The predicted octanol–water partition coefficient (Wildman–Crippen LogP) is 3.96. The highest BCUT2D eigenvalue weighted by Crippen LogP contribution is 2.35. The molecule has 1 aliphatic heterocycles. The zero-order chi connectivity index (χ0) is 26.1. The number of rotatable bonds is 6. The molecule has 0 atom stereocenters. The number of benzene rings is 2. The van der Waals surface area contributed by atoms with Gasteiger partial charge in [0.05, 0.1) is 30.8 Å². The van der Waals surface area contributed by atoms with Gasteiger partial charge in [-0.3, -0.25) is 14.1 Å². The van der Waals surface area contributed by atoms with E-state index in [-0.39, 0.29) is 23.4 Å². The minimum absolute atomic E-state index is 0.00422. The molecule has 0 saturated carbocycles. The Morgan fingerprint density at radius 1 is 1.19 bits per heavy atom. The SMILES string of the molecule is COc1ccc(-c2cnc3c(Nc4ccc(C(=O)N5CCN(CO)CC5)c(C)c4)nccn23)c(Cl)c1F. The van der Waals surface area contributed by atoms with E-state index < -0.39 is 5.82 Å². The Hall–Kier alpha value is -3.73. The lowest BCUT2D eigenvalue weighted by molar-refractivity contribution is 0.0422. The first-order valence-corrected chi connectivity index (χ1v) is 12.1. The molecule has 0 aliphatic carbocycles. The fraction of sp³-hybridized carbons (Fsp3) is 0.269. The van der Waals surface area contributed by atoms with Crippen LogP contribution in [0.15, 0.2) is 48.9 Å². The number of carbonyl (C=O) groups excluding carboxylic acids is 1. The number of anilines is 2. The Balaban J connectivity index is 1.39. The summed E-state index contributed by atoms with van der Waals surface area (Å²) < 4.78 is 21.3. The Labute approximate surface area is 218 Å². The third kappa shape index (κ3) is 4.71. The van der Waals surface area contributed by atoms with Gasteiger partial charge >= 0.3 is 0 Å². The van der Waals surface area contributed by atoms with Crippen LogP contribution in [0.1, 0.15) is 15.9 Å². The Morgan fingerprint density at radius 2 is 1.97 bits per heavy atom. The molecule has 1 saturated heterocycles. The summed E-state index contributed by atoms with van der Waals surface area (Å²) in [7, 11) is 1.38. The number of fused-ring (bicyclic) bond motifs is 1. The number of hydrogen-bond donors (Lipinski definition) is 2. The average Bonchev–Trinajstić information content (AvgIpc) is 3.35. The Bertz CT molecular complexity index is 1470. The molecular weight excluding hydrogens is 499 g/mol. The van der Waals surface area contributed by atoms with E-state index in [0.29, 0.717) is 54.5 Å². The van der Waals surface area contributed by atoms with E-state index in [1.165, 1.54) is 13.2 Å². The summed E-state index contributed by atoms with van der Waals surface area (Å²) >= 11 is 6.30. The van der Waals surface area contributed by atoms with Crippen molar-refractivity contribution in [3.05, 3.63) is 70.9 Å². The van der Waals surface area contributed by atoms with Crippen molar-refractivity contribution in [3.63, 3.8) is 0 Å². The van der Waals surface area contributed by atoms with E-state index in [2.05, 4.69) is 15.3 Å². The standard InChI is InChI=1S/C26H26ClFN6O3/c1-16-13-17(3-4-18(16)26(36)33-11-9-32(15-35)10-12-33)31-24-25-30-14-20(34(25)8-7-29-24)19-5-6-21(37-2)23(28)22(19)27/h3-8,13-14,35H,9-12,15H2,1-2H3,(H,29,31). The van der Waals surface area contributed by atoms with Crippen molar-refractivity contribution >= 4 is 34.7 Å². The highest BCUT2D eigenvalue weighted by atomic mass is 35.5.